The number of benzene rings is 2. The second-order valence-corrected chi connectivity index (χ2v) is 5.32. The van der Waals surface area contributed by atoms with Gasteiger partial charge in [-0.25, -0.2) is 0 Å². The zero-order valence-corrected chi connectivity index (χ0v) is 13.4. The number of carbonyl (C=O) groups is 1. The number of nitrogens with one attached hydrogen (secondary N) is 1. The fourth-order valence-corrected chi connectivity index (χ4v) is 2.21. The van der Waals surface area contributed by atoms with Crippen LogP contribution in [0.5, 0.6) is 5.75 Å². The molecule has 0 saturated carbocycles. The first-order valence-corrected chi connectivity index (χ1v) is 7.77. The van der Waals surface area contributed by atoms with Crippen LogP contribution in [0.3, 0.4) is 0 Å². The van der Waals surface area contributed by atoms with Crippen molar-refractivity contribution in [2.75, 3.05) is 5.32 Å². The molecule has 3 rings (SSSR count). The lowest BCUT2D eigenvalue weighted by molar-refractivity contribution is 0.102. The SMILES string of the molecule is CCc1ccc(OCc2ccc(C(=O)Nc3ccon3)cc2)cc1. The van der Waals surface area contributed by atoms with Crippen molar-refractivity contribution in [3.8, 4) is 5.75 Å². The smallest absolute Gasteiger partial charge is 0.256 e. The summed E-state index contributed by atoms with van der Waals surface area (Å²) in [4.78, 5) is 12.0. The zero-order chi connectivity index (χ0) is 16.8. The van der Waals surface area contributed by atoms with Crippen molar-refractivity contribution in [3.63, 3.8) is 0 Å². The molecule has 1 amide bonds. The van der Waals surface area contributed by atoms with Crippen LogP contribution in [0.25, 0.3) is 0 Å². The topological polar surface area (TPSA) is 64.4 Å². The molecule has 2 aromatic carbocycles. The van der Waals surface area contributed by atoms with Gasteiger partial charge in [-0.15, -0.1) is 0 Å². The quantitative estimate of drug-likeness (QED) is 0.743. The molecular weight excluding hydrogens is 304 g/mol. The molecule has 0 atom stereocenters. The van der Waals surface area contributed by atoms with Crippen molar-refractivity contribution in [2.24, 2.45) is 0 Å². The summed E-state index contributed by atoms with van der Waals surface area (Å²) >= 11 is 0. The average Bonchev–Trinajstić information content (AvgIpc) is 3.14. The van der Waals surface area contributed by atoms with Gasteiger partial charge in [0.2, 0.25) is 0 Å². The van der Waals surface area contributed by atoms with E-state index in [1.54, 1.807) is 18.2 Å². The van der Waals surface area contributed by atoms with Crippen molar-refractivity contribution in [1.82, 2.24) is 5.16 Å². The van der Waals surface area contributed by atoms with Gasteiger partial charge in [0.1, 0.15) is 18.6 Å². The number of carbonyl (C=O) groups excluding carboxylic acids is 1. The molecule has 122 valence electrons. The van der Waals surface area contributed by atoms with Crippen molar-refractivity contribution in [1.29, 1.82) is 0 Å². The highest BCUT2D eigenvalue weighted by atomic mass is 16.5. The molecule has 3 aromatic rings. The second kappa shape index (κ2) is 7.46. The molecule has 0 bridgehead atoms. The Labute approximate surface area is 140 Å². The fourth-order valence-electron chi connectivity index (χ4n) is 2.21. The first-order valence-electron chi connectivity index (χ1n) is 7.77. The summed E-state index contributed by atoms with van der Waals surface area (Å²) in [5, 5.41) is 6.30. The Hall–Kier alpha value is -3.08. The average molecular weight is 322 g/mol. The van der Waals surface area contributed by atoms with Gasteiger partial charge in [0, 0.05) is 11.6 Å². The van der Waals surface area contributed by atoms with E-state index >= 15 is 0 Å². The Balaban J connectivity index is 1.56. The summed E-state index contributed by atoms with van der Waals surface area (Å²) in [6.45, 7) is 2.58. The van der Waals surface area contributed by atoms with E-state index in [4.69, 9.17) is 4.74 Å². The van der Waals surface area contributed by atoms with E-state index in [0.29, 0.717) is 18.0 Å². The number of anilines is 1. The molecule has 5 heteroatoms. The van der Waals surface area contributed by atoms with Crippen LogP contribution in [-0.2, 0) is 13.0 Å². The van der Waals surface area contributed by atoms with Crippen LogP contribution >= 0.6 is 0 Å². The Bertz CT molecular complexity index is 778. The van der Waals surface area contributed by atoms with Gasteiger partial charge in [0.15, 0.2) is 5.82 Å². The van der Waals surface area contributed by atoms with Gasteiger partial charge in [-0.3, -0.25) is 4.79 Å². The van der Waals surface area contributed by atoms with Gasteiger partial charge < -0.3 is 14.6 Å². The number of aryl methyl sites for hydroxylation is 1. The van der Waals surface area contributed by atoms with Crippen LogP contribution in [0.2, 0.25) is 0 Å². The molecule has 0 aliphatic carbocycles. The third kappa shape index (κ3) is 4.01. The number of hydrogen-bond donors (Lipinski definition) is 1. The Morgan fingerprint density at radius 3 is 2.38 bits per heavy atom. The van der Waals surface area contributed by atoms with Crippen molar-refractivity contribution in [3.05, 3.63) is 77.6 Å². The molecule has 1 aromatic heterocycles. The number of rotatable bonds is 6. The van der Waals surface area contributed by atoms with E-state index in [0.717, 1.165) is 17.7 Å². The Kier molecular flexibility index (Phi) is 4.91. The van der Waals surface area contributed by atoms with Gasteiger partial charge in [-0.1, -0.05) is 36.3 Å². The second-order valence-electron chi connectivity index (χ2n) is 5.32. The molecular formula is C19H18N2O3. The number of amides is 1. The lowest BCUT2D eigenvalue weighted by Crippen LogP contribution is -2.12. The Morgan fingerprint density at radius 2 is 1.75 bits per heavy atom. The minimum atomic E-state index is -0.230. The lowest BCUT2D eigenvalue weighted by Gasteiger charge is -2.08. The molecule has 0 fully saturated rings. The maximum atomic E-state index is 12.0. The molecule has 0 aliphatic rings. The predicted octanol–water partition coefficient (Wildman–Crippen LogP) is 4.07. The summed E-state index contributed by atoms with van der Waals surface area (Å²) in [6, 6.07) is 16.9. The molecule has 24 heavy (non-hydrogen) atoms. The van der Waals surface area contributed by atoms with E-state index in [1.165, 1.54) is 11.8 Å². The van der Waals surface area contributed by atoms with Gasteiger partial charge in [0.05, 0.1) is 0 Å². The van der Waals surface area contributed by atoms with Gasteiger partial charge in [-0.05, 0) is 41.8 Å². The Morgan fingerprint density at radius 1 is 1.04 bits per heavy atom. The van der Waals surface area contributed by atoms with E-state index in [9.17, 15) is 4.79 Å². The molecule has 0 aliphatic heterocycles. The fraction of sp³-hybridized carbons (Fsp3) is 0.158. The standard InChI is InChI=1S/C19H18N2O3/c1-2-14-5-9-17(10-6-14)23-13-15-3-7-16(8-4-15)19(22)20-18-11-12-24-21-18/h3-12H,2,13H2,1H3,(H,20,21,22). The highest BCUT2D eigenvalue weighted by Crippen LogP contribution is 2.15. The normalized spacial score (nSPS) is 10.4. The highest BCUT2D eigenvalue weighted by Gasteiger charge is 2.07. The maximum absolute atomic E-state index is 12.0. The van der Waals surface area contributed by atoms with Crippen LogP contribution in [0.15, 0.2) is 65.4 Å². The van der Waals surface area contributed by atoms with Crippen LogP contribution in [-0.4, -0.2) is 11.1 Å². The summed E-state index contributed by atoms with van der Waals surface area (Å²) in [7, 11) is 0. The molecule has 1 N–H and O–H groups in total. The molecule has 0 radical (unpaired) electrons. The van der Waals surface area contributed by atoms with Crippen LogP contribution in [0.1, 0.15) is 28.4 Å². The molecule has 0 spiro atoms. The predicted molar refractivity (Wildman–Crippen MR) is 91.1 cm³/mol. The number of aromatic nitrogens is 1. The highest BCUT2D eigenvalue weighted by molar-refractivity contribution is 6.03. The minimum Gasteiger partial charge on any atom is -0.489 e. The van der Waals surface area contributed by atoms with Gasteiger partial charge in [-0.2, -0.15) is 0 Å². The van der Waals surface area contributed by atoms with Crippen LogP contribution in [0.4, 0.5) is 5.82 Å². The molecule has 5 nitrogen and oxygen atoms in total. The van der Waals surface area contributed by atoms with Crippen molar-refractivity contribution < 1.29 is 14.1 Å². The summed E-state index contributed by atoms with van der Waals surface area (Å²) in [5.74, 6) is 0.995. The van der Waals surface area contributed by atoms with E-state index < -0.39 is 0 Å². The third-order valence-corrected chi connectivity index (χ3v) is 3.63. The van der Waals surface area contributed by atoms with Crippen LogP contribution in [0, 0.1) is 0 Å². The number of hydrogen-bond acceptors (Lipinski definition) is 4. The molecule has 0 saturated heterocycles. The lowest BCUT2D eigenvalue weighted by atomic mass is 10.1. The third-order valence-electron chi connectivity index (χ3n) is 3.63. The van der Waals surface area contributed by atoms with Crippen LogP contribution < -0.4 is 10.1 Å². The summed E-state index contributed by atoms with van der Waals surface area (Å²) in [5.41, 5.74) is 2.83. The largest absolute Gasteiger partial charge is 0.489 e. The summed E-state index contributed by atoms with van der Waals surface area (Å²) < 4.78 is 10.4. The maximum Gasteiger partial charge on any atom is 0.256 e. The summed E-state index contributed by atoms with van der Waals surface area (Å²) in [6.07, 6.45) is 2.42. The van der Waals surface area contributed by atoms with E-state index in [-0.39, 0.29) is 5.91 Å². The van der Waals surface area contributed by atoms with Gasteiger partial charge in [0.25, 0.3) is 5.91 Å². The van der Waals surface area contributed by atoms with E-state index in [1.807, 2.05) is 24.3 Å². The van der Waals surface area contributed by atoms with Gasteiger partial charge >= 0.3 is 0 Å². The molecule has 1 heterocycles. The number of nitrogens with zero attached hydrogens (tertiary/aromatic N) is 1. The van der Waals surface area contributed by atoms with Crippen molar-refractivity contribution in [2.45, 2.75) is 20.0 Å². The van der Waals surface area contributed by atoms with E-state index in [2.05, 4.69) is 34.1 Å². The first kappa shape index (κ1) is 15.8. The monoisotopic (exact) mass is 322 g/mol. The molecule has 0 unspecified atom stereocenters. The van der Waals surface area contributed by atoms with Crippen molar-refractivity contribution >= 4 is 11.7 Å². The minimum absolute atomic E-state index is 0.230. The zero-order valence-electron chi connectivity index (χ0n) is 13.4. The number of ether oxygens (including phenoxy) is 1. The first-order chi connectivity index (χ1) is 11.7.